The van der Waals surface area contributed by atoms with Crippen molar-refractivity contribution in [3.8, 4) is 0 Å². The number of sulfonamides is 1. The quantitative estimate of drug-likeness (QED) is 0.842. The van der Waals surface area contributed by atoms with Gasteiger partial charge in [-0.15, -0.1) is 0 Å². The van der Waals surface area contributed by atoms with Crippen LogP contribution in [0.1, 0.15) is 29.8 Å². The molecule has 0 unspecified atom stereocenters. The van der Waals surface area contributed by atoms with Crippen molar-refractivity contribution in [1.29, 1.82) is 0 Å². The normalized spacial score (nSPS) is 11.7. The molecular formula is C15H19N3O4S. The molecule has 1 heterocycles. The fourth-order valence-corrected chi connectivity index (χ4v) is 3.18. The van der Waals surface area contributed by atoms with E-state index >= 15 is 0 Å². The predicted molar refractivity (Wildman–Crippen MR) is 86.0 cm³/mol. The van der Waals surface area contributed by atoms with Gasteiger partial charge in [-0.1, -0.05) is 13.8 Å². The van der Waals surface area contributed by atoms with E-state index in [1.807, 2.05) is 13.8 Å². The zero-order chi connectivity index (χ0) is 17.2. The van der Waals surface area contributed by atoms with Crippen LogP contribution in [0.5, 0.6) is 0 Å². The van der Waals surface area contributed by atoms with Gasteiger partial charge in [-0.3, -0.25) is 4.72 Å². The highest BCUT2D eigenvalue weighted by Crippen LogP contribution is 2.19. The summed E-state index contributed by atoms with van der Waals surface area (Å²) in [6.45, 7) is 6.34. The van der Waals surface area contributed by atoms with Gasteiger partial charge < -0.3 is 9.67 Å². The molecule has 0 spiro atoms. The molecule has 0 aliphatic rings. The molecule has 2 aromatic rings. The minimum atomic E-state index is -3.81. The topological polar surface area (TPSA) is 101 Å². The van der Waals surface area contributed by atoms with Crippen molar-refractivity contribution < 1.29 is 18.3 Å². The van der Waals surface area contributed by atoms with E-state index in [1.165, 1.54) is 30.7 Å². The number of aromatic carboxylic acids is 1. The fraction of sp³-hybridized carbons (Fsp3) is 0.333. The van der Waals surface area contributed by atoms with Crippen LogP contribution in [0.15, 0.2) is 35.7 Å². The zero-order valence-electron chi connectivity index (χ0n) is 13.1. The summed E-state index contributed by atoms with van der Waals surface area (Å²) in [5.74, 6) is -0.678. The fourth-order valence-electron chi connectivity index (χ4n) is 2.17. The maximum atomic E-state index is 12.3. The molecule has 1 aromatic carbocycles. The SMILES string of the molecule is Cc1cc(NS(=O)(=O)c2cn(CC(C)C)cn2)ccc1C(=O)O. The van der Waals surface area contributed by atoms with Crippen LogP contribution in [0, 0.1) is 12.8 Å². The molecule has 2 rings (SSSR count). The average molecular weight is 337 g/mol. The highest BCUT2D eigenvalue weighted by atomic mass is 32.2. The first kappa shape index (κ1) is 17.0. The summed E-state index contributed by atoms with van der Waals surface area (Å²) in [4.78, 5) is 14.9. The minimum absolute atomic E-state index is 0.0712. The highest BCUT2D eigenvalue weighted by Gasteiger charge is 2.18. The summed E-state index contributed by atoms with van der Waals surface area (Å²) in [5.41, 5.74) is 0.906. The molecule has 1 aromatic heterocycles. The van der Waals surface area contributed by atoms with E-state index in [9.17, 15) is 13.2 Å². The average Bonchev–Trinajstić information content (AvgIpc) is 2.86. The first-order valence-corrected chi connectivity index (χ1v) is 8.56. The number of hydrogen-bond donors (Lipinski definition) is 2. The number of anilines is 1. The summed E-state index contributed by atoms with van der Waals surface area (Å²) in [6.07, 6.45) is 2.95. The van der Waals surface area contributed by atoms with E-state index in [4.69, 9.17) is 5.11 Å². The first-order chi connectivity index (χ1) is 10.7. The Balaban J connectivity index is 2.23. The molecule has 0 bridgehead atoms. The Morgan fingerprint density at radius 1 is 1.39 bits per heavy atom. The Bertz CT molecular complexity index is 825. The summed E-state index contributed by atoms with van der Waals surface area (Å²) in [6, 6.07) is 4.26. The minimum Gasteiger partial charge on any atom is -0.478 e. The lowest BCUT2D eigenvalue weighted by Crippen LogP contribution is -2.14. The lowest BCUT2D eigenvalue weighted by atomic mass is 10.1. The number of benzene rings is 1. The number of carboxylic acid groups (broad SMARTS) is 1. The maximum absolute atomic E-state index is 12.3. The van der Waals surface area contributed by atoms with E-state index in [-0.39, 0.29) is 10.6 Å². The van der Waals surface area contributed by atoms with Crippen LogP contribution in [-0.4, -0.2) is 29.0 Å². The lowest BCUT2D eigenvalue weighted by molar-refractivity contribution is 0.0696. The van der Waals surface area contributed by atoms with Crippen LogP contribution in [0.2, 0.25) is 0 Å². The Morgan fingerprint density at radius 2 is 2.09 bits per heavy atom. The van der Waals surface area contributed by atoms with Gasteiger partial charge in [0.15, 0.2) is 5.03 Å². The van der Waals surface area contributed by atoms with Gasteiger partial charge in [0.05, 0.1) is 11.9 Å². The molecule has 124 valence electrons. The van der Waals surface area contributed by atoms with Gasteiger partial charge in [-0.05, 0) is 36.6 Å². The van der Waals surface area contributed by atoms with Crippen LogP contribution in [0.3, 0.4) is 0 Å². The van der Waals surface area contributed by atoms with Gasteiger partial charge in [-0.25, -0.2) is 9.78 Å². The third kappa shape index (κ3) is 4.10. The molecule has 23 heavy (non-hydrogen) atoms. The van der Waals surface area contributed by atoms with Crippen molar-refractivity contribution in [2.24, 2.45) is 5.92 Å². The number of carbonyl (C=O) groups is 1. The molecule has 0 aliphatic heterocycles. The Hall–Kier alpha value is -2.35. The largest absolute Gasteiger partial charge is 0.478 e. The third-order valence-electron chi connectivity index (χ3n) is 3.17. The van der Waals surface area contributed by atoms with Gasteiger partial charge >= 0.3 is 5.97 Å². The van der Waals surface area contributed by atoms with E-state index < -0.39 is 16.0 Å². The van der Waals surface area contributed by atoms with Crippen molar-refractivity contribution >= 4 is 21.7 Å². The first-order valence-electron chi connectivity index (χ1n) is 7.07. The number of hydrogen-bond acceptors (Lipinski definition) is 4. The molecule has 0 radical (unpaired) electrons. The van der Waals surface area contributed by atoms with Crippen molar-refractivity contribution in [2.45, 2.75) is 32.3 Å². The third-order valence-corrected chi connectivity index (χ3v) is 4.44. The number of carboxylic acids is 1. The second-order valence-corrected chi connectivity index (χ2v) is 7.37. The van der Waals surface area contributed by atoms with Crippen LogP contribution in [-0.2, 0) is 16.6 Å². The Morgan fingerprint density at radius 3 is 2.65 bits per heavy atom. The number of nitrogens with one attached hydrogen (secondary N) is 1. The van der Waals surface area contributed by atoms with Crippen molar-refractivity contribution in [1.82, 2.24) is 9.55 Å². The predicted octanol–water partition coefficient (Wildman–Crippen LogP) is 2.35. The Labute approximate surface area is 135 Å². The molecule has 0 fully saturated rings. The van der Waals surface area contributed by atoms with Crippen molar-refractivity contribution in [2.75, 3.05) is 4.72 Å². The molecule has 0 atom stereocenters. The Kier molecular flexibility index (Phi) is 4.74. The van der Waals surface area contributed by atoms with E-state index in [2.05, 4.69) is 9.71 Å². The van der Waals surface area contributed by atoms with Crippen molar-refractivity contribution in [3.63, 3.8) is 0 Å². The van der Waals surface area contributed by atoms with Crippen molar-refractivity contribution in [3.05, 3.63) is 41.9 Å². The molecule has 7 nitrogen and oxygen atoms in total. The molecule has 8 heteroatoms. The summed E-state index contributed by atoms with van der Waals surface area (Å²) >= 11 is 0. The lowest BCUT2D eigenvalue weighted by Gasteiger charge is -2.08. The molecule has 0 saturated carbocycles. The number of imidazole rings is 1. The van der Waals surface area contributed by atoms with Crippen LogP contribution in [0.4, 0.5) is 5.69 Å². The molecular weight excluding hydrogens is 318 g/mol. The number of aromatic nitrogens is 2. The number of rotatable bonds is 6. The summed E-state index contributed by atoms with van der Waals surface area (Å²) < 4.78 is 28.8. The van der Waals surface area contributed by atoms with Crippen LogP contribution >= 0.6 is 0 Å². The standard InChI is InChI=1S/C15H19N3O4S/c1-10(2)7-18-8-14(16-9-18)23(21,22)17-12-4-5-13(15(19)20)11(3)6-12/h4-6,8-10,17H,7H2,1-3H3,(H,19,20). The second-order valence-electron chi connectivity index (χ2n) is 5.74. The molecule has 0 saturated heterocycles. The highest BCUT2D eigenvalue weighted by molar-refractivity contribution is 7.92. The van der Waals surface area contributed by atoms with Gasteiger partial charge in [0.2, 0.25) is 0 Å². The van der Waals surface area contributed by atoms with E-state index in [1.54, 1.807) is 11.5 Å². The smallest absolute Gasteiger partial charge is 0.335 e. The maximum Gasteiger partial charge on any atom is 0.335 e. The zero-order valence-corrected chi connectivity index (χ0v) is 14.0. The number of aryl methyl sites for hydroxylation is 1. The van der Waals surface area contributed by atoms with Crippen LogP contribution in [0.25, 0.3) is 0 Å². The molecule has 0 aliphatic carbocycles. The second kappa shape index (κ2) is 6.41. The monoisotopic (exact) mass is 337 g/mol. The van der Waals surface area contributed by atoms with Gasteiger partial charge in [-0.2, -0.15) is 8.42 Å². The van der Waals surface area contributed by atoms with Gasteiger partial charge in [0, 0.05) is 18.4 Å². The molecule has 0 amide bonds. The van der Waals surface area contributed by atoms with Gasteiger partial charge in [0.25, 0.3) is 10.0 Å². The van der Waals surface area contributed by atoms with E-state index in [0.29, 0.717) is 23.7 Å². The van der Waals surface area contributed by atoms with Gasteiger partial charge in [0.1, 0.15) is 0 Å². The van der Waals surface area contributed by atoms with E-state index in [0.717, 1.165) is 0 Å². The molecule has 2 N–H and O–H groups in total. The summed E-state index contributed by atoms with van der Waals surface area (Å²) in [7, 11) is -3.81. The summed E-state index contributed by atoms with van der Waals surface area (Å²) in [5, 5.41) is 8.92. The number of nitrogens with zero attached hydrogens (tertiary/aromatic N) is 2. The van der Waals surface area contributed by atoms with Crippen LogP contribution < -0.4 is 4.72 Å².